The lowest BCUT2D eigenvalue weighted by Crippen LogP contribution is -2.38. The largest absolute Gasteiger partial charge is 0.506 e. The van der Waals surface area contributed by atoms with Crippen LogP contribution in [-0.4, -0.2) is 35.4 Å². The van der Waals surface area contributed by atoms with Crippen LogP contribution in [0.2, 0.25) is 0 Å². The van der Waals surface area contributed by atoms with Crippen molar-refractivity contribution in [1.29, 1.82) is 0 Å². The molecule has 0 aromatic carbocycles. The molecule has 0 radical (unpaired) electrons. The Balaban J connectivity index is 1.88. The van der Waals surface area contributed by atoms with Gasteiger partial charge in [0.05, 0.1) is 0 Å². The Morgan fingerprint density at radius 3 is 2.75 bits per heavy atom. The van der Waals surface area contributed by atoms with Crippen molar-refractivity contribution in [1.82, 2.24) is 4.98 Å². The van der Waals surface area contributed by atoms with Gasteiger partial charge in [0.1, 0.15) is 11.9 Å². The van der Waals surface area contributed by atoms with Crippen molar-refractivity contribution in [2.24, 2.45) is 0 Å². The van der Waals surface area contributed by atoms with Crippen molar-refractivity contribution in [3.8, 4) is 0 Å². The maximum Gasteiger partial charge on any atom is 0.506 e. The second-order valence-corrected chi connectivity index (χ2v) is 3.76. The normalized spacial score (nSPS) is 17.1. The molecular formula is C11H14N2O3. The van der Waals surface area contributed by atoms with E-state index in [0.29, 0.717) is 0 Å². The fourth-order valence-electron chi connectivity index (χ4n) is 1.89. The van der Waals surface area contributed by atoms with E-state index in [4.69, 9.17) is 9.84 Å². The number of carbonyl (C=O) groups is 1. The third kappa shape index (κ3) is 2.62. The zero-order valence-electron chi connectivity index (χ0n) is 8.87. The van der Waals surface area contributed by atoms with E-state index in [1.54, 1.807) is 6.20 Å². The Morgan fingerprint density at radius 2 is 2.19 bits per heavy atom. The van der Waals surface area contributed by atoms with Gasteiger partial charge in [-0.15, -0.1) is 0 Å². The van der Waals surface area contributed by atoms with Gasteiger partial charge in [-0.3, -0.25) is 0 Å². The lowest BCUT2D eigenvalue weighted by molar-refractivity contribution is 0.0415. The third-order valence-corrected chi connectivity index (χ3v) is 2.68. The monoisotopic (exact) mass is 222 g/mol. The maximum absolute atomic E-state index is 10.4. The van der Waals surface area contributed by atoms with Crippen LogP contribution in [0.25, 0.3) is 0 Å². The molecule has 0 saturated carbocycles. The Labute approximate surface area is 93.7 Å². The molecule has 86 valence electrons. The molecule has 5 nitrogen and oxygen atoms in total. The SMILES string of the molecule is O=C(O)OC1CCN(c2ccccn2)CC1. The van der Waals surface area contributed by atoms with Crippen molar-refractivity contribution < 1.29 is 14.6 Å². The Morgan fingerprint density at radius 1 is 1.44 bits per heavy atom. The Hall–Kier alpha value is -1.78. The number of aromatic nitrogens is 1. The predicted molar refractivity (Wildman–Crippen MR) is 58.6 cm³/mol. The zero-order valence-corrected chi connectivity index (χ0v) is 8.87. The van der Waals surface area contributed by atoms with Gasteiger partial charge in [-0.25, -0.2) is 9.78 Å². The van der Waals surface area contributed by atoms with E-state index in [1.807, 2.05) is 18.2 Å². The van der Waals surface area contributed by atoms with Crippen LogP contribution in [0.5, 0.6) is 0 Å². The number of pyridine rings is 1. The van der Waals surface area contributed by atoms with Gasteiger partial charge >= 0.3 is 6.16 Å². The summed E-state index contributed by atoms with van der Waals surface area (Å²) in [5.74, 6) is 0.941. The van der Waals surface area contributed by atoms with Crippen LogP contribution in [0, 0.1) is 0 Å². The lowest BCUT2D eigenvalue weighted by atomic mass is 10.1. The van der Waals surface area contributed by atoms with Crippen LogP contribution < -0.4 is 4.90 Å². The van der Waals surface area contributed by atoms with Crippen molar-refractivity contribution in [3.05, 3.63) is 24.4 Å². The first-order valence-corrected chi connectivity index (χ1v) is 5.31. The van der Waals surface area contributed by atoms with Gasteiger partial charge in [0.15, 0.2) is 0 Å². The minimum absolute atomic E-state index is 0.169. The molecule has 0 unspecified atom stereocenters. The summed E-state index contributed by atoms with van der Waals surface area (Å²) in [5, 5.41) is 8.50. The molecule has 2 rings (SSSR count). The summed E-state index contributed by atoms with van der Waals surface area (Å²) in [6, 6.07) is 5.78. The fourth-order valence-corrected chi connectivity index (χ4v) is 1.89. The van der Waals surface area contributed by atoms with Gasteiger partial charge in [0.25, 0.3) is 0 Å². The first-order valence-electron chi connectivity index (χ1n) is 5.31. The summed E-state index contributed by atoms with van der Waals surface area (Å²) in [7, 11) is 0. The van der Waals surface area contributed by atoms with E-state index in [-0.39, 0.29) is 6.10 Å². The highest BCUT2D eigenvalue weighted by Crippen LogP contribution is 2.18. The van der Waals surface area contributed by atoms with E-state index in [1.165, 1.54) is 0 Å². The quantitative estimate of drug-likeness (QED) is 0.772. The summed E-state index contributed by atoms with van der Waals surface area (Å²) in [4.78, 5) is 16.8. The second kappa shape index (κ2) is 4.83. The molecule has 2 heterocycles. The summed E-state index contributed by atoms with van der Waals surface area (Å²) in [6.45, 7) is 1.57. The smallest absolute Gasteiger partial charge is 0.450 e. The third-order valence-electron chi connectivity index (χ3n) is 2.68. The molecule has 1 saturated heterocycles. The highest BCUT2D eigenvalue weighted by Gasteiger charge is 2.22. The number of anilines is 1. The number of ether oxygens (including phenoxy) is 1. The zero-order chi connectivity index (χ0) is 11.4. The van der Waals surface area contributed by atoms with Gasteiger partial charge in [0.2, 0.25) is 0 Å². The standard InChI is InChI=1S/C11H14N2O3/c14-11(15)16-9-4-7-13(8-5-9)10-3-1-2-6-12-10/h1-3,6,9H,4-5,7-8H2,(H,14,15). The molecule has 1 aromatic rings. The first-order chi connectivity index (χ1) is 7.75. The van der Waals surface area contributed by atoms with Crippen molar-refractivity contribution in [2.75, 3.05) is 18.0 Å². The minimum atomic E-state index is -1.18. The molecule has 0 aliphatic carbocycles. The van der Waals surface area contributed by atoms with Crippen molar-refractivity contribution in [3.63, 3.8) is 0 Å². The molecule has 1 aliphatic rings. The Kier molecular flexibility index (Phi) is 3.24. The van der Waals surface area contributed by atoms with Gasteiger partial charge in [-0.1, -0.05) is 6.07 Å². The summed E-state index contributed by atoms with van der Waals surface area (Å²) < 4.78 is 4.74. The number of rotatable bonds is 2. The number of carboxylic acid groups (broad SMARTS) is 1. The molecule has 1 aromatic heterocycles. The Bertz CT molecular complexity index is 348. The van der Waals surface area contributed by atoms with Gasteiger partial charge in [0, 0.05) is 32.1 Å². The highest BCUT2D eigenvalue weighted by molar-refractivity contribution is 5.57. The molecule has 0 amide bonds. The predicted octanol–water partition coefficient (Wildman–Crippen LogP) is 1.74. The van der Waals surface area contributed by atoms with Crippen molar-refractivity contribution in [2.45, 2.75) is 18.9 Å². The van der Waals surface area contributed by atoms with Gasteiger partial charge in [-0.2, -0.15) is 0 Å². The molecule has 1 aliphatic heterocycles. The molecule has 0 atom stereocenters. The number of hydrogen-bond acceptors (Lipinski definition) is 4. The van der Waals surface area contributed by atoms with E-state index in [2.05, 4.69) is 9.88 Å². The van der Waals surface area contributed by atoms with Crippen LogP contribution in [0.3, 0.4) is 0 Å². The average molecular weight is 222 g/mol. The number of hydrogen-bond donors (Lipinski definition) is 1. The molecule has 0 spiro atoms. The van der Waals surface area contributed by atoms with Crippen LogP contribution in [-0.2, 0) is 4.74 Å². The summed E-state index contributed by atoms with van der Waals surface area (Å²) >= 11 is 0. The molecular weight excluding hydrogens is 208 g/mol. The van der Waals surface area contributed by atoms with E-state index in [9.17, 15) is 4.79 Å². The highest BCUT2D eigenvalue weighted by atomic mass is 16.7. The van der Waals surface area contributed by atoms with Crippen LogP contribution in [0.4, 0.5) is 10.6 Å². The molecule has 5 heteroatoms. The second-order valence-electron chi connectivity index (χ2n) is 3.76. The fraction of sp³-hybridized carbons (Fsp3) is 0.455. The topological polar surface area (TPSA) is 62.7 Å². The first kappa shape index (κ1) is 10.7. The van der Waals surface area contributed by atoms with Gasteiger partial charge in [-0.05, 0) is 12.1 Å². The minimum Gasteiger partial charge on any atom is -0.450 e. The number of nitrogens with zero attached hydrogens (tertiary/aromatic N) is 2. The van der Waals surface area contributed by atoms with E-state index in [0.717, 1.165) is 31.7 Å². The molecule has 16 heavy (non-hydrogen) atoms. The summed E-state index contributed by atoms with van der Waals surface area (Å²) in [5.41, 5.74) is 0. The van der Waals surface area contributed by atoms with Crippen LogP contribution >= 0.6 is 0 Å². The van der Waals surface area contributed by atoms with Crippen LogP contribution in [0.1, 0.15) is 12.8 Å². The number of piperidine rings is 1. The van der Waals surface area contributed by atoms with Gasteiger partial charge < -0.3 is 14.7 Å². The molecule has 1 N–H and O–H groups in total. The van der Waals surface area contributed by atoms with Crippen molar-refractivity contribution >= 4 is 12.0 Å². The van der Waals surface area contributed by atoms with E-state index < -0.39 is 6.16 Å². The maximum atomic E-state index is 10.4. The molecule has 0 bridgehead atoms. The average Bonchev–Trinajstić information content (AvgIpc) is 2.30. The summed E-state index contributed by atoms with van der Waals surface area (Å²) in [6.07, 6.45) is 1.86. The molecule has 1 fully saturated rings. The lowest BCUT2D eigenvalue weighted by Gasteiger charge is -2.31. The van der Waals surface area contributed by atoms with Crippen LogP contribution in [0.15, 0.2) is 24.4 Å². The van der Waals surface area contributed by atoms with E-state index >= 15 is 0 Å².